The minimum Gasteiger partial charge on any atom is -0.310 e. The molecule has 0 bridgehead atoms. The van der Waals surface area contributed by atoms with Gasteiger partial charge in [0.2, 0.25) is 0 Å². The van der Waals surface area contributed by atoms with Gasteiger partial charge in [0, 0.05) is 22.5 Å². The fraction of sp³-hybridized carbons (Fsp3) is 0.0159. The van der Waals surface area contributed by atoms with Crippen molar-refractivity contribution in [3.05, 3.63) is 277 Å². The second-order valence-electron chi connectivity index (χ2n) is 17.2. The lowest BCUT2D eigenvalue weighted by molar-refractivity contribution is 0.752. The van der Waals surface area contributed by atoms with Crippen molar-refractivity contribution in [2.24, 2.45) is 0 Å². The zero-order valence-electron chi connectivity index (χ0n) is 35.6. The summed E-state index contributed by atoms with van der Waals surface area (Å²) in [4.78, 5) is 4.98. The zero-order chi connectivity index (χ0) is 42.9. The van der Waals surface area contributed by atoms with Crippen molar-refractivity contribution in [1.29, 1.82) is 0 Å². The summed E-state index contributed by atoms with van der Waals surface area (Å²) in [6, 6.07) is 94.0. The summed E-state index contributed by atoms with van der Waals surface area (Å²) >= 11 is 0. The molecule has 2 heteroatoms. The average Bonchev–Trinajstić information content (AvgIpc) is 3.68. The van der Waals surface area contributed by atoms with Crippen molar-refractivity contribution in [2.75, 3.05) is 9.80 Å². The molecule has 11 aromatic carbocycles. The Morgan fingerprint density at radius 1 is 0.323 bits per heavy atom. The van der Waals surface area contributed by atoms with Gasteiger partial charge in [0.1, 0.15) is 0 Å². The van der Waals surface area contributed by atoms with Crippen molar-refractivity contribution in [3.8, 4) is 33.4 Å². The molecular formula is C63H42N2. The van der Waals surface area contributed by atoms with Crippen LogP contribution in [0.4, 0.5) is 34.1 Å². The van der Waals surface area contributed by atoms with E-state index in [-0.39, 0.29) is 0 Å². The third kappa shape index (κ3) is 5.60. The Kier molecular flexibility index (Phi) is 8.47. The molecular weight excluding hydrogens is 785 g/mol. The lowest BCUT2D eigenvalue weighted by Crippen LogP contribution is -2.36. The van der Waals surface area contributed by atoms with E-state index in [1.807, 2.05) is 0 Å². The maximum absolute atomic E-state index is 2.53. The van der Waals surface area contributed by atoms with Crippen LogP contribution in [0.25, 0.3) is 54.9 Å². The standard InChI is InChI=1S/C63H42N2/c1-3-18-43(19-4-1)44-34-36-46(37-35-44)52-24-10-14-30-58(52)65(49-40-41-51-47(42-49)39-38-45-20-7-8-23-50(45)51)61-33-17-29-57-62(61)53-25-9-11-26-54(53)63(57)55-27-12-15-31-59(55)64(48-21-5-2-6-22-48)60-32-16-13-28-56(60)63/h1-42H. The van der Waals surface area contributed by atoms with Crippen LogP contribution in [-0.4, -0.2) is 0 Å². The van der Waals surface area contributed by atoms with E-state index in [2.05, 4.69) is 265 Å². The predicted octanol–water partition coefficient (Wildman–Crippen LogP) is 16.9. The van der Waals surface area contributed by atoms with Crippen molar-refractivity contribution in [2.45, 2.75) is 5.41 Å². The van der Waals surface area contributed by atoms with Gasteiger partial charge >= 0.3 is 0 Å². The lowest BCUT2D eigenvalue weighted by atomic mass is 9.64. The van der Waals surface area contributed by atoms with E-state index in [1.54, 1.807) is 0 Å². The van der Waals surface area contributed by atoms with Gasteiger partial charge < -0.3 is 9.80 Å². The van der Waals surface area contributed by atoms with Crippen LogP contribution in [0.15, 0.2) is 255 Å². The van der Waals surface area contributed by atoms with Gasteiger partial charge in [0.05, 0.1) is 28.2 Å². The topological polar surface area (TPSA) is 6.48 Å². The largest absolute Gasteiger partial charge is 0.310 e. The van der Waals surface area contributed by atoms with E-state index >= 15 is 0 Å². The third-order valence-corrected chi connectivity index (χ3v) is 13.8. The first kappa shape index (κ1) is 37.1. The molecule has 1 aliphatic heterocycles. The Hall–Kier alpha value is -8.46. The summed E-state index contributed by atoms with van der Waals surface area (Å²) in [7, 11) is 0. The SMILES string of the molecule is c1ccc(-c2ccc(-c3ccccc3N(c3ccc4c(ccc5ccccc54)c3)c3cccc4c3-c3ccccc3C43c4ccccc4N(c4ccccc4)c4ccccc43)cc2)cc1. The van der Waals surface area contributed by atoms with E-state index in [1.165, 1.54) is 77.4 Å². The fourth-order valence-corrected chi connectivity index (χ4v) is 11.1. The second-order valence-corrected chi connectivity index (χ2v) is 17.2. The number of fused-ring (bicyclic) bond motifs is 12. The number of hydrogen-bond donors (Lipinski definition) is 0. The monoisotopic (exact) mass is 826 g/mol. The second kappa shape index (κ2) is 14.8. The summed E-state index contributed by atoms with van der Waals surface area (Å²) in [5.41, 5.74) is 18.7. The molecule has 65 heavy (non-hydrogen) atoms. The third-order valence-electron chi connectivity index (χ3n) is 13.8. The number of anilines is 6. The molecule has 1 aliphatic carbocycles. The molecule has 0 fully saturated rings. The molecule has 0 aromatic heterocycles. The highest BCUT2D eigenvalue weighted by molar-refractivity contribution is 6.09. The summed E-state index contributed by atoms with van der Waals surface area (Å²) < 4.78 is 0. The van der Waals surface area contributed by atoms with Gasteiger partial charge in [-0.2, -0.15) is 0 Å². The molecule has 0 atom stereocenters. The van der Waals surface area contributed by atoms with Gasteiger partial charge in [-0.3, -0.25) is 0 Å². The molecule has 0 unspecified atom stereocenters. The smallest absolute Gasteiger partial charge is 0.0755 e. The summed E-state index contributed by atoms with van der Waals surface area (Å²) in [6.45, 7) is 0. The van der Waals surface area contributed by atoms with E-state index in [9.17, 15) is 0 Å². The molecule has 2 aliphatic rings. The Bertz CT molecular complexity index is 3560. The van der Waals surface area contributed by atoms with Crippen molar-refractivity contribution >= 4 is 55.7 Å². The van der Waals surface area contributed by atoms with Crippen molar-refractivity contribution in [1.82, 2.24) is 0 Å². The molecule has 11 aromatic rings. The van der Waals surface area contributed by atoms with Crippen LogP contribution in [0.1, 0.15) is 22.3 Å². The van der Waals surface area contributed by atoms with Crippen LogP contribution in [-0.2, 0) is 5.41 Å². The maximum Gasteiger partial charge on any atom is 0.0755 e. The molecule has 304 valence electrons. The Morgan fingerprint density at radius 3 is 1.63 bits per heavy atom. The number of nitrogens with zero attached hydrogens (tertiary/aromatic N) is 2. The van der Waals surface area contributed by atoms with Gasteiger partial charge in [-0.05, 0) is 115 Å². The minimum absolute atomic E-state index is 0.582. The van der Waals surface area contributed by atoms with E-state index in [0.717, 1.165) is 33.9 Å². The quantitative estimate of drug-likeness (QED) is 0.154. The summed E-state index contributed by atoms with van der Waals surface area (Å²) in [5, 5.41) is 4.96. The average molecular weight is 827 g/mol. The molecule has 0 saturated carbocycles. The Morgan fingerprint density at radius 2 is 0.862 bits per heavy atom. The Balaban J connectivity index is 1.09. The molecule has 13 rings (SSSR count). The van der Waals surface area contributed by atoms with Crippen LogP contribution in [0.3, 0.4) is 0 Å². The van der Waals surface area contributed by atoms with Crippen molar-refractivity contribution < 1.29 is 0 Å². The lowest BCUT2D eigenvalue weighted by Gasteiger charge is -2.45. The molecule has 0 amide bonds. The molecule has 0 saturated heterocycles. The highest BCUT2D eigenvalue weighted by Crippen LogP contribution is 2.65. The van der Waals surface area contributed by atoms with E-state index < -0.39 is 5.41 Å². The Labute approximate surface area is 379 Å². The van der Waals surface area contributed by atoms with Crippen molar-refractivity contribution in [3.63, 3.8) is 0 Å². The first-order valence-corrected chi connectivity index (χ1v) is 22.5. The predicted molar refractivity (Wildman–Crippen MR) is 273 cm³/mol. The summed E-state index contributed by atoms with van der Waals surface area (Å²) in [5.74, 6) is 0. The van der Waals surface area contributed by atoms with Gasteiger partial charge in [-0.25, -0.2) is 0 Å². The van der Waals surface area contributed by atoms with Crippen LogP contribution in [0.5, 0.6) is 0 Å². The molecule has 2 nitrogen and oxygen atoms in total. The highest BCUT2D eigenvalue weighted by Gasteiger charge is 2.52. The van der Waals surface area contributed by atoms with Crippen LogP contribution >= 0.6 is 0 Å². The van der Waals surface area contributed by atoms with Gasteiger partial charge in [-0.15, -0.1) is 0 Å². The van der Waals surface area contributed by atoms with E-state index in [4.69, 9.17) is 0 Å². The van der Waals surface area contributed by atoms with Crippen LogP contribution in [0, 0.1) is 0 Å². The first-order valence-electron chi connectivity index (χ1n) is 22.5. The highest BCUT2D eigenvalue weighted by atomic mass is 15.2. The number of para-hydroxylation sites is 4. The molecule has 1 heterocycles. The van der Waals surface area contributed by atoms with Crippen LogP contribution in [0.2, 0.25) is 0 Å². The van der Waals surface area contributed by atoms with Gasteiger partial charge in [-0.1, -0.05) is 206 Å². The van der Waals surface area contributed by atoms with Crippen LogP contribution < -0.4 is 9.80 Å². The van der Waals surface area contributed by atoms with Gasteiger partial charge in [0.25, 0.3) is 0 Å². The molecule has 1 spiro atoms. The summed E-state index contributed by atoms with van der Waals surface area (Å²) in [6.07, 6.45) is 0. The fourth-order valence-electron chi connectivity index (χ4n) is 11.1. The normalized spacial score (nSPS) is 13.0. The zero-order valence-corrected chi connectivity index (χ0v) is 35.6. The molecule has 0 radical (unpaired) electrons. The maximum atomic E-state index is 2.53. The molecule has 0 N–H and O–H groups in total. The number of hydrogen-bond acceptors (Lipinski definition) is 2. The number of rotatable bonds is 6. The minimum atomic E-state index is -0.582. The van der Waals surface area contributed by atoms with E-state index in [0.29, 0.717) is 0 Å². The number of benzene rings is 11. The van der Waals surface area contributed by atoms with Gasteiger partial charge in [0.15, 0.2) is 0 Å². The first-order chi connectivity index (χ1) is 32.3.